The Morgan fingerprint density at radius 2 is 0.571 bits per heavy atom. The minimum atomic E-state index is 0. The molecule has 0 bridgehead atoms. The molecule has 50 valence electrons. The smallest absolute Gasteiger partial charge is 0 e. The van der Waals surface area contributed by atoms with Gasteiger partial charge in [0.05, 0.1) is 0 Å². The second-order valence-corrected chi connectivity index (χ2v) is 0. The molecule has 0 aliphatic heterocycles. The minimum absolute atomic E-state index is 0. The van der Waals surface area contributed by atoms with E-state index in [4.69, 9.17) is 21.0 Å². The molecular weight excluding hydrogens is 148 g/mol. The van der Waals surface area contributed by atoms with Gasteiger partial charge >= 0.3 is 0 Å². The molecule has 6 N–H and O–H groups in total. The van der Waals surface area contributed by atoms with E-state index in [0.717, 1.165) is 0 Å². The van der Waals surface area contributed by atoms with E-state index in [-0.39, 0.29) is 28.3 Å². The topological polar surface area (TPSA) is 141 Å². The molecule has 7 heavy (non-hydrogen) atoms. The summed E-state index contributed by atoms with van der Waals surface area (Å²) >= 11 is 0. The Hall–Kier alpha value is 0.292. The maximum atomic E-state index is 6.00. The molecular formula is H6CrO6-2. The molecule has 7 heteroatoms. The van der Waals surface area contributed by atoms with Crippen LogP contribution in [0, 0.1) is 0 Å². The molecule has 0 saturated carbocycles. The molecule has 0 fully saturated rings. The summed E-state index contributed by atoms with van der Waals surface area (Å²) in [5, 5.41) is 24.0. The van der Waals surface area contributed by atoms with Crippen molar-refractivity contribution in [2.75, 3.05) is 0 Å². The molecule has 0 aliphatic rings. The van der Waals surface area contributed by atoms with Crippen LogP contribution in [0.2, 0.25) is 0 Å². The van der Waals surface area contributed by atoms with Crippen LogP contribution in [0.15, 0.2) is 0 Å². The normalized spacial score (nSPS) is 1.71. The van der Waals surface area contributed by atoms with E-state index >= 15 is 0 Å². The van der Waals surface area contributed by atoms with Crippen molar-refractivity contribution in [3.8, 4) is 0 Å². The molecule has 0 spiro atoms. The summed E-state index contributed by atoms with van der Waals surface area (Å²) in [6.45, 7) is 0. The summed E-state index contributed by atoms with van der Waals surface area (Å²) in [6.07, 6.45) is 0. The van der Waals surface area contributed by atoms with Crippen molar-refractivity contribution in [2.24, 2.45) is 0 Å². The van der Waals surface area contributed by atoms with Gasteiger partial charge < -0.3 is 11.0 Å². The number of hydrogen-bond donors (Lipinski definition) is 4. The van der Waals surface area contributed by atoms with Crippen molar-refractivity contribution in [3.63, 3.8) is 0 Å². The van der Waals surface area contributed by atoms with Crippen molar-refractivity contribution in [2.45, 2.75) is 0 Å². The average molecular weight is 154 g/mol. The average Bonchev–Trinajstić information content (AvgIpc) is 1.50. The Kier molecular flexibility index (Phi) is 16200. The third-order valence-electron chi connectivity index (χ3n) is 0. The molecule has 0 rings (SSSR count). The summed E-state index contributed by atoms with van der Waals surface area (Å²) in [5.74, 6) is 0. The van der Waals surface area contributed by atoms with Gasteiger partial charge in [-0.15, -0.1) is 0 Å². The Labute approximate surface area is 50.3 Å². The van der Waals surface area contributed by atoms with Crippen LogP contribution in [0.4, 0.5) is 0 Å². The first-order valence-electron chi connectivity index (χ1n) is 0.400. The predicted octanol–water partition coefficient (Wildman–Crippen LogP) is -0.321. The quantitative estimate of drug-likeness (QED) is 0.278. The fraction of sp³-hybridized carbons (Fsp3) is 0. The van der Waals surface area contributed by atoms with Crippen molar-refractivity contribution in [3.05, 3.63) is 0 Å². The third kappa shape index (κ3) is 1360. The van der Waals surface area contributed by atoms with Gasteiger partial charge in [0.2, 0.25) is 0 Å². The van der Waals surface area contributed by atoms with E-state index in [2.05, 4.69) is 0 Å². The van der Waals surface area contributed by atoms with E-state index in [0.29, 0.717) is 0 Å². The first kappa shape index (κ1) is 54.9. The zero-order valence-electron chi connectivity index (χ0n) is 3.09. The van der Waals surface area contributed by atoms with E-state index in [1.54, 1.807) is 0 Å². The van der Waals surface area contributed by atoms with Gasteiger partial charge in [-0.05, 0) is 0 Å². The zero-order valence-corrected chi connectivity index (χ0v) is 4.37. The molecule has 0 unspecified atom stereocenters. The van der Waals surface area contributed by atoms with Gasteiger partial charge in [-0.3, -0.25) is 21.0 Å². The van der Waals surface area contributed by atoms with Gasteiger partial charge in [-0.2, -0.15) is 0 Å². The Morgan fingerprint density at radius 3 is 0.571 bits per heavy atom. The van der Waals surface area contributed by atoms with E-state index in [9.17, 15) is 0 Å². The summed E-state index contributed by atoms with van der Waals surface area (Å²) in [4.78, 5) is 0. The van der Waals surface area contributed by atoms with Crippen LogP contribution in [0.5, 0.6) is 0 Å². The van der Waals surface area contributed by atoms with Crippen LogP contribution < -0.4 is 0 Å². The van der Waals surface area contributed by atoms with Crippen molar-refractivity contribution in [1.82, 2.24) is 0 Å². The molecule has 0 aliphatic carbocycles. The van der Waals surface area contributed by atoms with Crippen molar-refractivity contribution < 1.29 is 49.3 Å². The van der Waals surface area contributed by atoms with Crippen molar-refractivity contribution >= 4 is 0 Å². The molecule has 0 aromatic carbocycles. The van der Waals surface area contributed by atoms with Crippen LogP contribution >= 0.6 is 0 Å². The van der Waals surface area contributed by atoms with Crippen molar-refractivity contribution in [1.29, 1.82) is 0 Å². The maximum Gasteiger partial charge on any atom is 0 e. The molecule has 0 radical (unpaired) electrons. The third-order valence-corrected chi connectivity index (χ3v) is 0. The van der Waals surface area contributed by atoms with Gasteiger partial charge in [0.1, 0.15) is 0 Å². The van der Waals surface area contributed by atoms with Gasteiger partial charge in [-0.1, -0.05) is 0 Å². The fourth-order valence-corrected chi connectivity index (χ4v) is 0. The first-order valence-corrected chi connectivity index (χ1v) is 0.400. The Bertz CT molecular complexity index is 4.14. The van der Waals surface area contributed by atoms with Crippen LogP contribution in [0.3, 0.4) is 0 Å². The molecule has 6 nitrogen and oxygen atoms in total. The molecule has 0 heterocycles. The van der Waals surface area contributed by atoms with Gasteiger partial charge in [0.25, 0.3) is 0 Å². The summed E-state index contributed by atoms with van der Waals surface area (Å²) in [5.41, 5.74) is 0. The molecule has 0 saturated heterocycles. The SMILES string of the molecule is OO.OO.[Cr].[OH-].[OH-]. The summed E-state index contributed by atoms with van der Waals surface area (Å²) in [7, 11) is 0. The number of hydrogen-bond acceptors (Lipinski definition) is 6. The van der Waals surface area contributed by atoms with Gasteiger partial charge in [0.15, 0.2) is 0 Å². The van der Waals surface area contributed by atoms with Crippen LogP contribution in [-0.2, 0) is 17.4 Å². The summed E-state index contributed by atoms with van der Waals surface area (Å²) in [6, 6.07) is 0. The summed E-state index contributed by atoms with van der Waals surface area (Å²) < 4.78 is 0. The maximum absolute atomic E-state index is 6.00. The standard InChI is InChI=1S/Cr.2H2O2.2H2O/c;2*1-2;;/h;2*1-2H;2*1H2/p-2. The first-order chi connectivity index (χ1) is 2.00. The zero-order chi connectivity index (χ0) is 4.00. The molecule has 0 atom stereocenters. The second-order valence-electron chi connectivity index (χ2n) is 0. The van der Waals surface area contributed by atoms with Crippen LogP contribution in [0.1, 0.15) is 0 Å². The Morgan fingerprint density at radius 1 is 0.571 bits per heavy atom. The molecule has 0 amide bonds. The molecule has 0 aromatic heterocycles. The monoisotopic (exact) mass is 154 g/mol. The largest absolute Gasteiger partial charge is 0.870 e. The van der Waals surface area contributed by atoms with Gasteiger partial charge in [0, 0.05) is 17.4 Å². The van der Waals surface area contributed by atoms with E-state index < -0.39 is 0 Å². The van der Waals surface area contributed by atoms with E-state index in [1.807, 2.05) is 0 Å². The second kappa shape index (κ2) is 2060. The minimum Gasteiger partial charge on any atom is -0.870 e. The Balaban J connectivity index is -0.00000000267. The predicted molar refractivity (Wildman–Crippen MR) is 14.4 cm³/mol. The number of rotatable bonds is 0. The van der Waals surface area contributed by atoms with Crippen LogP contribution in [0.25, 0.3) is 0 Å². The van der Waals surface area contributed by atoms with E-state index in [1.165, 1.54) is 0 Å². The molecule has 0 aromatic rings. The van der Waals surface area contributed by atoms with Crippen LogP contribution in [-0.4, -0.2) is 32.0 Å². The van der Waals surface area contributed by atoms with Gasteiger partial charge in [-0.25, -0.2) is 0 Å². The fourth-order valence-electron chi connectivity index (χ4n) is 0.